The van der Waals surface area contributed by atoms with Crippen molar-refractivity contribution >= 4 is 18.0 Å². The first kappa shape index (κ1) is 23.8. The molecular formula is C27H32N2O5. The zero-order valence-electron chi connectivity index (χ0n) is 19.7. The Morgan fingerprint density at radius 2 is 1.65 bits per heavy atom. The van der Waals surface area contributed by atoms with Gasteiger partial charge in [0.1, 0.15) is 12.6 Å². The monoisotopic (exact) mass is 464 g/mol. The Hall–Kier alpha value is -3.35. The number of benzene rings is 2. The number of nitrogens with one attached hydrogen (secondary N) is 2. The van der Waals surface area contributed by atoms with Gasteiger partial charge in [-0.15, -0.1) is 0 Å². The molecule has 0 aromatic heterocycles. The lowest BCUT2D eigenvalue weighted by Crippen LogP contribution is -2.46. The van der Waals surface area contributed by atoms with Crippen molar-refractivity contribution in [1.82, 2.24) is 10.6 Å². The van der Waals surface area contributed by atoms with Crippen molar-refractivity contribution in [2.45, 2.75) is 63.5 Å². The van der Waals surface area contributed by atoms with Crippen LogP contribution in [-0.2, 0) is 14.3 Å². The van der Waals surface area contributed by atoms with E-state index in [0.29, 0.717) is 19.3 Å². The molecule has 180 valence electrons. The molecule has 34 heavy (non-hydrogen) atoms. The van der Waals surface area contributed by atoms with E-state index in [4.69, 9.17) is 4.74 Å². The minimum Gasteiger partial charge on any atom is -0.480 e. The van der Waals surface area contributed by atoms with E-state index in [-0.39, 0.29) is 30.8 Å². The third kappa shape index (κ3) is 5.24. The molecule has 2 atom stereocenters. The van der Waals surface area contributed by atoms with Crippen molar-refractivity contribution < 1.29 is 24.2 Å². The molecule has 7 nitrogen and oxygen atoms in total. The molecule has 3 N–H and O–H groups in total. The lowest BCUT2D eigenvalue weighted by atomic mass is 9.98. The quantitative estimate of drug-likeness (QED) is 0.482. The second-order valence-corrected chi connectivity index (χ2v) is 9.62. The predicted octanol–water partition coefficient (Wildman–Crippen LogP) is 4.45. The Balaban J connectivity index is 1.32. The Kier molecular flexibility index (Phi) is 6.91. The lowest BCUT2D eigenvalue weighted by molar-refractivity contribution is -0.142. The van der Waals surface area contributed by atoms with E-state index in [1.165, 1.54) is 0 Å². The maximum Gasteiger partial charge on any atom is 0.407 e. The van der Waals surface area contributed by atoms with E-state index in [1.54, 1.807) is 0 Å². The van der Waals surface area contributed by atoms with Crippen LogP contribution in [0.5, 0.6) is 0 Å². The molecule has 2 aromatic rings. The number of aliphatic carboxylic acids is 1. The average Bonchev–Trinajstić information content (AvgIpc) is 3.48. The van der Waals surface area contributed by atoms with Crippen molar-refractivity contribution in [3.63, 3.8) is 0 Å². The number of hydrogen-bond donors (Lipinski definition) is 3. The first-order valence-corrected chi connectivity index (χ1v) is 12.0. The van der Waals surface area contributed by atoms with E-state index in [2.05, 4.69) is 34.9 Å². The number of ether oxygens (including phenoxy) is 1. The van der Waals surface area contributed by atoms with Crippen LogP contribution in [0.2, 0.25) is 0 Å². The van der Waals surface area contributed by atoms with Crippen LogP contribution < -0.4 is 10.6 Å². The normalized spacial score (nSPS) is 17.1. The summed E-state index contributed by atoms with van der Waals surface area (Å²) < 4.78 is 5.61. The summed E-state index contributed by atoms with van der Waals surface area (Å²) in [7, 11) is 0. The van der Waals surface area contributed by atoms with Crippen molar-refractivity contribution in [2.75, 3.05) is 6.61 Å². The van der Waals surface area contributed by atoms with Gasteiger partial charge in [0.2, 0.25) is 5.91 Å². The molecule has 2 aliphatic rings. The van der Waals surface area contributed by atoms with Gasteiger partial charge in [0.05, 0.1) is 5.54 Å². The van der Waals surface area contributed by atoms with Crippen molar-refractivity contribution in [3.05, 3.63) is 59.7 Å². The summed E-state index contributed by atoms with van der Waals surface area (Å²) in [6.07, 6.45) is 2.03. The summed E-state index contributed by atoms with van der Waals surface area (Å²) in [6, 6.07) is 15.3. The fourth-order valence-electron chi connectivity index (χ4n) is 4.69. The summed E-state index contributed by atoms with van der Waals surface area (Å²) in [5, 5.41) is 14.9. The molecule has 0 heterocycles. The molecule has 0 aliphatic heterocycles. The Bertz CT molecular complexity index is 1030. The topological polar surface area (TPSA) is 105 Å². The molecule has 0 saturated heterocycles. The molecule has 2 amide bonds. The lowest BCUT2D eigenvalue weighted by Gasteiger charge is -2.21. The van der Waals surface area contributed by atoms with Gasteiger partial charge in [-0.05, 0) is 47.4 Å². The molecule has 1 saturated carbocycles. The van der Waals surface area contributed by atoms with E-state index < -0.39 is 23.6 Å². The van der Waals surface area contributed by atoms with Gasteiger partial charge in [-0.3, -0.25) is 4.79 Å². The number of carboxylic acids is 1. The molecule has 0 radical (unpaired) electrons. The number of alkyl carbamates (subject to hydrolysis) is 1. The fraction of sp³-hybridized carbons (Fsp3) is 0.444. The van der Waals surface area contributed by atoms with Crippen LogP contribution in [0.4, 0.5) is 4.79 Å². The molecule has 0 spiro atoms. The molecule has 2 unspecified atom stereocenters. The van der Waals surface area contributed by atoms with E-state index in [9.17, 15) is 19.5 Å². The SMILES string of the molecule is CCC(C)CC(NC(=O)CC1(NC(=O)OCC2c3ccccc3-c3ccccc32)CC1)C(=O)O. The first-order chi connectivity index (χ1) is 16.3. The fourth-order valence-corrected chi connectivity index (χ4v) is 4.69. The van der Waals surface area contributed by atoms with Crippen LogP contribution in [0.1, 0.15) is 63.0 Å². The van der Waals surface area contributed by atoms with Gasteiger partial charge in [0, 0.05) is 12.3 Å². The summed E-state index contributed by atoms with van der Waals surface area (Å²) in [5.74, 6) is -1.25. The van der Waals surface area contributed by atoms with Crippen LogP contribution >= 0.6 is 0 Å². The minimum absolute atomic E-state index is 0.0338. The number of hydrogen-bond acceptors (Lipinski definition) is 4. The van der Waals surface area contributed by atoms with Crippen molar-refractivity contribution in [3.8, 4) is 11.1 Å². The summed E-state index contributed by atoms with van der Waals surface area (Å²) >= 11 is 0. The molecule has 0 bridgehead atoms. The summed E-state index contributed by atoms with van der Waals surface area (Å²) in [5.41, 5.74) is 3.93. The predicted molar refractivity (Wildman–Crippen MR) is 128 cm³/mol. The number of carbonyl (C=O) groups is 3. The van der Waals surface area contributed by atoms with Crippen LogP contribution in [0.3, 0.4) is 0 Å². The number of amides is 2. The van der Waals surface area contributed by atoms with Crippen LogP contribution in [0, 0.1) is 5.92 Å². The summed E-state index contributed by atoms with van der Waals surface area (Å²) in [6.45, 7) is 4.16. The third-order valence-corrected chi connectivity index (χ3v) is 7.03. The first-order valence-electron chi connectivity index (χ1n) is 12.0. The molecule has 1 fully saturated rings. The van der Waals surface area contributed by atoms with Crippen molar-refractivity contribution in [1.29, 1.82) is 0 Å². The van der Waals surface area contributed by atoms with Crippen molar-refractivity contribution in [2.24, 2.45) is 5.92 Å². The largest absolute Gasteiger partial charge is 0.480 e. The van der Waals surface area contributed by atoms with Crippen LogP contribution in [0.25, 0.3) is 11.1 Å². The molecule has 2 aromatic carbocycles. The number of rotatable bonds is 10. The molecule has 7 heteroatoms. The maximum atomic E-state index is 12.6. The highest BCUT2D eigenvalue weighted by molar-refractivity contribution is 5.85. The average molecular weight is 465 g/mol. The maximum absolute atomic E-state index is 12.6. The van der Waals surface area contributed by atoms with Gasteiger partial charge in [0.25, 0.3) is 0 Å². The zero-order chi connectivity index (χ0) is 24.3. The Morgan fingerprint density at radius 1 is 1.06 bits per heavy atom. The van der Waals surface area contributed by atoms with Gasteiger partial charge >= 0.3 is 12.1 Å². The summed E-state index contributed by atoms with van der Waals surface area (Å²) in [4.78, 5) is 36.7. The highest BCUT2D eigenvalue weighted by atomic mass is 16.5. The van der Waals surface area contributed by atoms with E-state index in [1.807, 2.05) is 38.1 Å². The van der Waals surface area contributed by atoms with Gasteiger partial charge in [0.15, 0.2) is 0 Å². The van der Waals surface area contributed by atoms with Gasteiger partial charge in [-0.2, -0.15) is 0 Å². The van der Waals surface area contributed by atoms with Gasteiger partial charge in [-0.1, -0.05) is 68.8 Å². The third-order valence-electron chi connectivity index (χ3n) is 7.03. The number of carboxylic acid groups (broad SMARTS) is 1. The standard InChI is InChI=1S/C27H32N2O5/c1-3-17(2)14-23(25(31)32)28-24(30)15-27(12-13-27)29-26(33)34-16-22-20-10-6-4-8-18(20)19-9-5-7-11-21(19)22/h4-11,17,22-23H,3,12-16H2,1-2H3,(H,28,30)(H,29,33)(H,31,32). The van der Waals surface area contributed by atoms with Crippen LogP contribution in [0.15, 0.2) is 48.5 Å². The molecule has 4 rings (SSSR count). The van der Waals surface area contributed by atoms with E-state index >= 15 is 0 Å². The number of fused-ring (bicyclic) bond motifs is 3. The highest BCUT2D eigenvalue weighted by Gasteiger charge is 2.46. The number of carbonyl (C=O) groups excluding carboxylic acids is 2. The molecular weight excluding hydrogens is 432 g/mol. The Morgan fingerprint density at radius 3 is 2.18 bits per heavy atom. The molecule has 2 aliphatic carbocycles. The minimum atomic E-state index is -1.04. The second-order valence-electron chi connectivity index (χ2n) is 9.62. The smallest absolute Gasteiger partial charge is 0.407 e. The highest BCUT2D eigenvalue weighted by Crippen LogP contribution is 2.44. The zero-order valence-corrected chi connectivity index (χ0v) is 19.7. The van der Waals surface area contributed by atoms with Gasteiger partial charge in [-0.25, -0.2) is 9.59 Å². The van der Waals surface area contributed by atoms with E-state index in [0.717, 1.165) is 28.7 Å². The Labute approximate surface area is 199 Å². The van der Waals surface area contributed by atoms with Gasteiger partial charge < -0.3 is 20.5 Å². The second kappa shape index (κ2) is 9.87. The van der Waals surface area contributed by atoms with Crippen LogP contribution in [-0.4, -0.2) is 41.3 Å².